The third-order valence-electron chi connectivity index (χ3n) is 7.70. The summed E-state index contributed by atoms with van der Waals surface area (Å²) in [5.74, 6) is 1.49. The minimum absolute atomic E-state index is 0. The summed E-state index contributed by atoms with van der Waals surface area (Å²) in [6, 6.07) is 29.0. The summed E-state index contributed by atoms with van der Waals surface area (Å²) in [6.07, 6.45) is 14.5. The van der Waals surface area contributed by atoms with Crippen molar-refractivity contribution in [2.24, 2.45) is 0 Å². The Bertz CT molecular complexity index is 1890. The van der Waals surface area contributed by atoms with Crippen molar-refractivity contribution in [1.82, 2.24) is 0 Å². The number of nitrogens with zero attached hydrogens (tertiary/aromatic N) is 1. The molecular weight excluding hydrogens is 598 g/mol. The summed E-state index contributed by atoms with van der Waals surface area (Å²) in [5, 5.41) is 1.08. The van der Waals surface area contributed by atoms with Gasteiger partial charge in [-0.3, -0.25) is 0 Å². The van der Waals surface area contributed by atoms with Crippen molar-refractivity contribution in [3.05, 3.63) is 142 Å². The number of aromatic nitrogens is 1. The van der Waals surface area contributed by atoms with Crippen LogP contribution in [0, 0.1) is 0 Å². The SMILES string of the molecule is O=S(=O)([O-])CCCC[n+]1c(C=CC=CC2=C3OC(c4ccccc4)=CC(c4ccccc4)=C3CCC2)sc2ccccc21.[Na+]. The Hall–Kier alpha value is -3.04. The number of benzene rings is 3. The van der Waals surface area contributed by atoms with Crippen molar-refractivity contribution in [2.45, 2.75) is 38.6 Å². The van der Waals surface area contributed by atoms with E-state index < -0.39 is 10.1 Å². The number of fused-ring (bicyclic) bond motifs is 2. The number of hydrogen-bond acceptors (Lipinski definition) is 5. The van der Waals surface area contributed by atoms with Crippen LogP contribution < -0.4 is 34.1 Å². The summed E-state index contributed by atoms with van der Waals surface area (Å²) in [5.41, 5.74) is 7.01. The van der Waals surface area contributed by atoms with Crippen molar-refractivity contribution in [3.63, 3.8) is 0 Å². The second kappa shape index (κ2) is 14.8. The number of unbranched alkanes of at least 4 members (excludes halogenated alkanes) is 1. The zero-order chi connectivity index (χ0) is 29.6. The van der Waals surface area contributed by atoms with Crippen LogP contribution in [0.5, 0.6) is 0 Å². The topological polar surface area (TPSA) is 70.3 Å². The molecule has 5 nitrogen and oxygen atoms in total. The van der Waals surface area contributed by atoms with Gasteiger partial charge in [0.15, 0.2) is 6.54 Å². The molecule has 0 N–H and O–H groups in total. The summed E-state index contributed by atoms with van der Waals surface area (Å²) >= 11 is 1.70. The number of para-hydroxylation sites is 1. The molecule has 0 fully saturated rings. The number of aryl methyl sites for hydroxylation is 1. The van der Waals surface area contributed by atoms with Gasteiger partial charge >= 0.3 is 29.6 Å². The molecule has 0 bridgehead atoms. The third kappa shape index (κ3) is 7.78. The smallest absolute Gasteiger partial charge is 0.748 e. The van der Waals surface area contributed by atoms with Crippen LogP contribution >= 0.6 is 11.3 Å². The van der Waals surface area contributed by atoms with Gasteiger partial charge in [0.05, 0.1) is 10.1 Å². The molecule has 8 heteroatoms. The van der Waals surface area contributed by atoms with Gasteiger partial charge in [-0.15, -0.1) is 0 Å². The van der Waals surface area contributed by atoms with Gasteiger partial charge in [-0.2, -0.15) is 4.57 Å². The summed E-state index contributed by atoms with van der Waals surface area (Å²) in [6.45, 7) is 0.650. The van der Waals surface area contributed by atoms with E-state index in [1.807, 2.05) is 36.4 Å². The van der Waals surface area contributed by atoms with Crippen molar-refractivity contribution in [1.29, 1.82) is 0 Å². The summed E-state index contributed by atoms with van der Waals surface area (Å²) < 4.78 is 43.1. The molecule has 3 aromatic carbocycles. The molecule has 4 aromatic rings. The summed E-state index contributed by atoms with van der Waals surface area (Å²) in [4.78, 5) is 0. The molecule has 0 atom stereocenters. The normalized spacial score (nSPS) is 15.4. The zero-order valence-electron chi connectivity index (χ0n) is 24.8. The van der Waals surface area contributed by atoms with Gasteiger partial charge in [0, 0.05) is 35.5 Å². The van der Waals surface area contributed by atoms with E-state index in [2.05, 4.69) is 83.5 Å². The van der Waals surface area contributed by atoms with Gasteiger partial charge in [-0.25, -0.2) is 8.42 Å². The zero-order valence-corrected chi connectivity index (χ0v) is 28.4. The maximum atomic E-state index is 11.0. The molecule has 1 aliphatic carbocycles. The second-order valence-electron chi connectivity index (χ2n) is 10.7. The minimum Gasteiger partial charge on any atom is -0.748 e. The monoisotopic (exact) mass is 630 g/mol. The largest absolute Gasteiger partial charge is 1.00 e. The standard InChI is InChI=1S/C36H33NO4S2.Na/c38-43(39,40)25-12-11-24-37-32-21-8-9-22-34(32)42-35(37)23-10-7-18-29-19-13-20-30-31(27-14-3-1-4-15-27)26-33(41-36(29)30)28-16-5-2-6-17-28;/h1-10,14-18,21-23,26H,11-13,19-20,24-25H2;/q;+1. The Morgan fingerprint density at radius 2 is 1.52 bits per heavy atom. The van der Waals surface area contributed by atoms with Gasteiger partial charge in [0.2, 0.25) is 5.52 Å². The van der Waals surface area contributed by atoms with Crippen LogP contribution in [0.1, 0.15) is 48.2 Å². The molecule has 2 aliphatic rings. The molecule has 1 aromatic heterocycles. The fourth-order valence-electron chi connectivity index (χ4n) is 5.66. The van der Waals surface area contributed by atoms with E-state index in [9.17, 15) is 13.0 Å². The van der Waals surface area contributed by atoms with Gasteiger partial charge in [-0.05, 0) is 54.5 Å². The van der Waals surface area contributed by atoms with Crippen LogP contribution in [0.4, 0.5) is 0 Å². The Morgan fingerprint density at radius 1 is 0.841 bits per heavy atom. The van der Waals surface area contributed by atoms with E-state index >= 15 is 0 Å². The number of ether oxygens (including phenoxy) is 1. The first-order valence-electron chi connectivity index (χ1n) is 14.6. The fourth-order valence-corrected chi connectivity index (χ4v) is 7.32. The first kappa shape index (κ1) is 32.4. The van der Waals surface area contributed by atoms with Gasteiger partial charge in [0.1, 0.15) is 16.2 Å². The van der Waals surface area contributed by atoms with Gasteiger partial charge in [-0.1, -0.05) is 102 Å². The number of thiazole rings is 1. The number of hydrogen-bond donors (Lipinski definition) is 0. The third-order valence-corrected chi connectivity index (χ3v) is 9.62. The number of allylic oxidation sites excluding steroid dienone is 7. The predicted octanol–water partition coefficient (Wildman–Crippen LogP) is 5.05. The first-order chi connectivity index (χ1) is 21.0. The molecule has 0 saturated carbocycles. The molecule has 2 heterocycles. The molecule has 44 heavy (non-hydrogen) atoms. The van der Waals surface area contributed by atoms with Crippen LogP contribution in [0.3, 0.4) is 0 Å². The number of rotatable bonds is 10. The first-order valence-corrected chi connectivity index (χ1v) is 17.0. The molecule has 0 radical (unpaired) electrons. The molecule has 6 rings (SSSR count). The van der Waals surface area contributed by atoms with Crippen LogP contribution in [-0.4, -0.2) is 18.7 Å². The Labute approximate surface area is 285 Å². The molecule has 0 saturated heterocycles. The van der Waals surface area contributed by atoms with Crippen molar-refractivity contribution in [2.75, 3.05) is 5.75 Å². The Kier molecular flexibility index (Phi) is 10.9. The minimum atomic E-state index is -4.19. The van der Waals surface area contributed by atoms with Crippen molar-refractivity contribution >= 4 is 49.1 Å². The summed E-state index contributed by atoms with van der Waals surface area (Å²) in [7, 11) is -4.19. The van der Waals surface area contributed by atoms with Crippen LogP contribution in [-0.2, 0) is 21.4 Å². The maximum absolute atomic E-state index is 11.0. The van der Waals surface area contributed by atoms with E-state index in [1.54, 1.807) is 11.3 Å². The van der Waals surface area contributed by atoms with E-state index in [0.29, 0.717) is 19.4 Å². The van der Waals surface area contributed by atoms with E-state index in [4.69, 9.17) is 4.74 Å². The second-order valence-corrected chi connectivity index (χ2v) is 13.3. The Balaban J connectivity index is 0.00000384. The van der Waals surface area contributed by atoms with E-state index in [-0.39, 0.29) is 35.3 Å². The molecular formula is C36H33NNaO4S2+. The predicted molar refractivity (Wildman–Crippen MR) is 174 cm³/mol. The van der Waals surface area contributed by atoms with E-state index in [0.717, 1.165) is 46.9 Å². The maximum Gasteiger partial charge on any atom is 1.00 e. The van der Waals surface area contributed by atoms with Gasteiger partial charge in [0.25, 0.3) is 5.01 Å². The fraction of sp³-hybridized carbons (Fsp3) is 0.194. The quantitative estimate of drug-likeness (QED) is 0.0809. The molecule has 0 spiro atoms. The molecule has 0 unspecified atom stereocenters. The average Bonchev–Trinajstić information content (AvgIpc) is 3.38. The van der Waals surface area contributed by atoms with Crippen molar-refractivity contribution in [3.8, 4) is 0 Å². The Morgan fingerprint density at radius 3 is 2.27 bits per heavy atom. The van der Waals surface area contributed by atoms with Gasteiger partial charge < -0.3 is 9.29 Å². The molecule has 1 aliphatic heterocycles. The molecule has 0 amide bonds. The average molecular weight is 631 g/mol. The van der Waals surface area contributed by atoms with Crippen LogP contribution in [0.15, 0.2) is 126 Å². The van der Waals surface area contributed by atoms with Crippen LogP contribution in [0.2, 0.25) is 0 Å². The molecule has 218 valence electrons. The van der Waals surface area contributed by atoms with E-state index in [1.165, 1.54) is 27.0 Å². The van der Waals surface area contributed by atoms with Crippen LogP contribution in [0.25, 0.3) is 27.6 Å². The van der Waals surface area contributed by atoms with Crippen molar-refractivity contribution < 1.29 is 51.8 Å².